The van der Waals surface area contributed by atoms with Crippen molar-refractivity contribution < 1.29 is 9.59 Å². The van der Waals surface area contributed by atoms with Crippen molar-refractivity contribution in [3.63, 3.8) is 0 Å². The van der Waals surface area contributed by atoms with E-state index in [0.717, 1.165) is 24.8 Å². The van der Waals surface area contributed by atoms with Gasteiger partial charge in [-0.2, -0.15) is 0 Å². The van der Waals surface area contributed by atoms with Crippen molar-refractivity contribution >= 4 is 11.8 Å². The predicted molar refractivity (Wildman–Crippen MR) is 54.6 cm³/mol. The molecule has 0 unspecified atom stereocenters. The van der Waals surface area contributed by atoms with Gasteiger partial charge in [-0.3, -0.25) is 14.9 Å². The highest BCUT2D eigenvalue weighted by molar-refractivity contribution is 6.07. The molecule has 0 bridgehead atoms. The summed E-state index contributed by atoms with van der Waals surface area (Å²) in [5, 5.41) is 2.32. The Morgan fingerprint density at radius 2 is 2.07 bits per heavy atom. The van der Waals surface area contributed by atoms with Crippen molar-refractivity contribution in [2.45, 2.75) is 45.4 Å². The van der Waals surface area contributed by atoms with E-state index < -0.39 is 0 Å². The zero-order chi connectivity index (χ0) is 10.4. The Morgan fingerprint density at radius 3 is 2.71 bits per heavy atom. The fourth-order valence-corrected chi connectivity index (χ4v) is 1.52. The highest BCUT2D eigenvalue weighted by Gasteiger charge is 2.17. The van der Waals surface area contributed by atoms with Gasteiger partial charge in [0.05, 0.1) is 0 Å². The van der Waals surface area contributed by atoms with Crippen LogP contribution in [0.25, 0.3) is 0 Å². The first-order valence-corrected chi connectivity index (χ1v) is 5.27. The van der Waals surface area contributed by atoms with Crippen LogP contribution in [0.2, 0.25) is 0 Å². The molecule has 0 aromatic heterocycles. The second-order valence-corrected chi connectivity index (χ2v) is 3.62. The lowest BCUT2D eigenvalue weighted by atomic mass is 10.0. The Balaban J connectivity index is 2.30. The zero-order valence-corrected chi connectivity index (χ0v) is 8.64. The van der Waals surface area contributed by atoms with Crippen molar-refractivity contribution in [1.82, 2.24) is 5.32 Å². The van der Waals surface area contributed by atoms with Crippen molar-refractivity contribution in [3.05, 3.63) is 11.6 Å². The molecule has 0 aromatic carbocycles. The summed E-state index contributed by atoms with van der Waals surface area (Å²) in [7, 11) is 0. The van der Waals surface area contributed by atoms with Crippen LogP contribution in [0.15, 0.2) is 11.6 Å². The molecule has 0 fully saturated rings. The van der Waals surface area contributed by atoms with E-state index in [9.17, 15) is 9.59 Å². The smallest absolute Gasteiger partial charge is 0.253 e. The minimum atomic E-state index is -0.197. The molecule has 1 aliphatic rings. The molecule has 0 aliphatic carbocycles. The lowest BCUT2D eigenvalue weighted by molar-refractivity contribution is -0.128. The Morgan fingerprint density at radius 1 is 1.29 bits per heavy atom. The monoisotopic (exact) mass is 195 g/mol. The van der Waals surface area contributed by atoms with Crippen LogP contribution in [0, 0.1) is 0 Å². The van der Waals surface area contributed by atoms with Crippen molar-refractivity contribution in [1.29, 1.82) is 0 Å². The zero-order valence-electron chi connectivity index (χ0n) is 8.64. The fraction of sp³-hybridized carbons (Fsp3) is 0.636. The number of hydrogen-bond donors (Lipinski definition) is 1. The Labute approximate surface area is 84.6 Å². The van der Waals surface area contributed by atoms with E-state index in [4.69, 9.17) is 0 Å². The first-order chi connectivity index (χ1) is 6.74. The molecule has 1 aliphatic heterocycles. The minimum Gasteiger partial charge on any atom is -0.292 e. The van der Waals surface area contributed by atoms with E-state index in [2.05, 4.69) is 12.2 Å². The predicted octanol–water partition coefficient (Wildman–Crippen LogP) is 1.93. The van der Waals surface area contributed by atoms with Gasteiger partial charge in [0, 0.05) is 12.0 Å². The van der Waals surface area contributed by atoms with Crippen LogP contribution in [0.4, 0.5) is 0 Å². The lowest BCUT2D eigenvalue weighted by Gasteiger charge is -2.12. The molecule has 3 nitrogen and oxygen atoms in total. The molecule has 78 valence electrons. The number of carbonyl (C=O) groups is 2. The molecule has 14 heavy (non-hydrogen) atoms. The first-order valence-electron chi connectivity index (χ1n) is 5.27. The second kappa shape index (κ2) is 5.58. The Hall–Kier alpha value is -1.12. The summed E-state index contributed by atoms with van der Waals surface area (Å²) in [6.45, 7) is 2.16. The quantitative estimate of drug-likeness (QED) is 0.538. The molecule has 3 heteroatoms. The molecule has 0 saturated heterocycles. The molecule has 0 atom stereocenters. The number of nitrogens with one attached hydrogen (secondary N) is 1. The number of carbonyl (C=O) groups excluding carboxylic acids is 2. The summed E-state index contributed by atoms with van der Waals surface area (Å²) in [5.41, 5.74) is 0.778. The summed E-state index contributed by atoms with van der Waals surface area (Å²) >= 11 is 0. The average molecular weight is 195 g/mol. The topological polar surface area (TPSA) is 46.2 Å². The van der Waals surface area contributed by atoms with E-state index >= 15 is 0 Å². The molecular formula is C11H17NO2. The van der Waals surface area contributed by atoms with Gasteiger partial charge >= 0.3 is 0 Å². The van der Waals surface area contributed by atoms with E-state index in [1.54, 1.807) is 6.08 Å². The normalized spacial score (nSPS) is 16.5. The van der Waals surface area contributed by atoms with Gasteiger partial charge in [0.25, 0.3) is 5.91 Å². The highest BCUT2D eigenvalue weighted by atomic mass is 16.2. The SMILES string of the molecule is CCCCCCC1=CCC(=O)NC1=O. The third-order valence-electron chi connectivity index (χ3n) is 2.38. The van der Waals surface area contributed by atoms with Gasteiger partial charge in [0.15, 0.2) is 0 Å². The Kier molecular flexibility index (Phi) is 4.36. The summed E-state index contributed by atoms with van der Waals surface area (Å²) in [5.74, 6) is -0.384. The van der Waals surface area contributed by atoms with Crippen molar-refractivity contribution in [2.24, 2.45) is 0 Å². The number of amides is 2. The van der Waals surface area contributed by atoms with Gasteiger partial charge < -0.3 is 0 Å². The minimum absolute atomic E-state index is 0.188. The van der Waals surface area contributed by atoms with Crippen LogP contribution >= 0.6 is 0 Å². The van der Waals surface area contributed by atoms with Crippen LogP contribution in [0.1, 0.15) is 45.4 Å². The maximum absolute atomic E-state index is 11.3. The summed E-state index contributed by atoms with van der Waals surface area (Å²) in [6, 6.07) is 0. The van der Waals surface area contributed by atoms with Gasteiger partial charge in [-0.1, -0.05) is 32.3 Å². The largest absolute Gasteiger partial charge is 0.292 e. The molecule has 0 radical (unpaired) electrons. The van der Waals surface area contributed by atoms with Gasteiger partial charge in [-0.25, -0.2) is 0 Å². The van der Waals surface area contributed by atoms with Gasteiger partial charge in [0.2, 0.25) is 5.91 Å². The number of imide groups is 1. The van der Waals surface area contributed by atoms with Crippen LogP contribution in [-0.4, -0.2) is 11.8 Å². The molecule has 1 heterocycles. The summed E-state index contributed by atoms with van der Waals surface area (Å²) in [6.07, 6.45) is 7.54. The van der Waals surface area contributed by atoms with Crippen molar-refractivity contribution in [2.75, 3.05) is 0 Å². The lowest BCUT2D eigenvalue weighted by Crippen LogP contribution is -2.34. The third kappa shape index (κ3) is 3.32. The average Bonchev–Trinajstić information content (AvgIpc) is 2.15. The number of hydrogen-bond acceptors (Lipinski definition) is 2. The number of unbranched alkanes of at least 4 members (excludes halogenated alkanes) is 3. The maximum atomic E-state index is 11.3. The van der Waals surface area contributed by atoms with Gasteiger partial charge in [-0.15, -0.1) is 0 Å². The maximum Gasteiger partial charge on any atom is 0.253 e. The van der Waals surface area contributed by atoms with Gasteiger partial charge in [0.1, 0.15) is 0 Å². The van der Waals surface area contributed by atoms with E-state index in [0.29, 0.717) is 6.42 Å². The van der Waals surface area contributed by atoms with E-state index in [-0.39, 0.29) is 11.8 Å². The summed E-state index contributed by atoms with van der Waals surface area (Å²) in [4.78, 5) is 22.1. The van der Waals surface area contributed by atoms with Crippen molar-refractivity contribution in [3.8, 4) is 0 Å². The molecule has 0 spiro atoms. The molecular weight excluding hydrogens is 178 g/mol. The van der Waals surface area contributed by atoms with Crippen LogP contribution < -0.4 is 5.32 Å². The highest BCUT2D eigenvalue weighted by Crippen LogP contribution is 2.13. The molecule has 2 amide bonds. The number of rotatable bonds is 5. The molecule has 0 saturated carbocycles. The summed E-state index contributed by atoms with van der Waals surface area (Å²) < 4.78 is 0. The second-order valence-electron chi connectivity index (χ2n) is 3.62. The molecule has 0 aromatic rings. The van der Waals surface area contributed by atoms with Crippen LogP contribution in [0.5, 0.6) is 0 Å². The first kappa shape index (κ1) is 11.0. The standard InChI is InChI=1S/C11H17NO2/c1-2-3-4-5-6-9-7-8-10(13)12-11(9)14/h7H,2-6,8H2,1H3,(H,12,13,14). The Bertz CT molecular complexity index is 256. The fourth-order valence-electron chi connectivity index (χ4n) is 1.52. The van der Waals surface area contributed by atoms with E-state index in [1.165, 1.54) is 12.8 Å². The molecule has 1 rings (SSSR count). The molecule has 1 N–H and O–H groups in total. The van der Waals surface area contributed by atoms with Crippen LogP contribution in [0.3, 0.4) is 0 Å². The van der Waals surface area contributed by atoms with Gasteiger partial charge in [-0.05, 0) is 12.8 Å². The third-order valence-corrected chi connectivity index (χ3v) is 2.38. The van der Waals surface area contributed by atoms with Crippen LogP contribution in [-0.2, 0) is 9.59 Å². The van der Waals surface area contributed by atoms with E-state index in [1.807, 2.05) is 0 Å².